The lowest BCUT2D eigenvalue weighted by Crippen LogP contribution is -2.39. The zero-order valence-electron chi connectivity index (χ0n) is 16.3. The van der Waals surface area contributed by atoms with E-state index in [1.54, 1.807) is 13.0 Å². The van der Waals surface area contributed by atoms with Crippen LogP contribution in [-0.2, 0) is 9.53 Å². The van der Waals surface area contributed by atoms with Gasteiger partial charge >= 0.3 is 5.97 Å². The minimum Gasteiger partial charge on any atom is -0.458 e. The Kier molecular flexibility index (Phi) is 6.04. The monoisotopic (exact) mass is 474 g/mol. The average molecular weight is 475 g/mol. The van der Waals surface area contributed by atoms with E-state index in [2.05, 4.69) is 11.6 Å². The topological polar surface area (TPSA) is 60.7 Å². The van der Waals surface area contributed by atoms with E-state index >= 15 is 0 Å². The van der Waals surface area contributed by atoms with Crippen molar-refractivity contribution in [3.05, 3.63) is 101 Å². The Balaban J connectivity index is 1.95. The maximum absolute atomic E-state index is 14.3. The Hall–Kier alpha value is -2.81. The van der Waals surface area contributed by atoms with Gasteiger partial charge in [0, 0.05) is 10.4 Å². The van der Waals surface area contributed by atoms with Crippen LogP contribution >= 0.6 is 34.3 Å². The molecule has 0 bridgehead atoms. The second-order valence-corrected chi connectivity index (χ2v) is 9.02. The maximum Gasteiger partial charge on any atom is 0.338 e. The number of thiazole rings is 1. The fourth-order valence-corrected chi connectivity index (χ4v) is 5.36. The molecule has 4 rings (SSSR count). The predicted molar refractivity (Wildman–Crippen MR) is 121 cm³/mol. The van der Waals surface area contributed by atoms with Gasteiger partial charge in [-0.15, -0.1) is 11.3 Å². The number of benzene rings is 1. The molecule has 0 saturated heterocycles. The molecule has 0 aliphatic carbocycles. The van der Waals surface area contributed by atoms with E-state index in [1.165, 1.54) is 40.2 Å². The number of carbonyl (C=O) groups excluding carboxylic acids is 1. The van der Waals surface area contributed by atoms with Gasteiger partial charge in [0.15, 0.2) is 4.80 Å². The summed E-state index contributed by atoms with van der Waals surface area (Å²) in [6.45, 7) is 5.31. The molecule has 1 aliphatic heterocycles. The molecule has 3 aromatic rings. The predicted octanol–water partition coefficient (Wildman–Crippen LogP) is 3.82. The molecule has 1 aromatic carbocycles. The van der Waals surface area contributed by atoms with Crippen LogP contribution in [0.25, 0.3) is 6.08 Å². The molecule has 0 amide bonds. The Labute approximate surface area is 189 Å². The number of fused-ring (bicyclic) bond motifs is 1. The van der Waals surface area contributed by atoms with E-state index in [0.29, 0.717) is 10.5 Å². The number of halogens is 2. The van der Waals surface area contributed by atoms with Crippen molar-refractivity contribution in [1.29, 1.82) is 0 Å². The number of rotatable bonds is 5. The van der Waals surface area contributed by atoms with Crippen LogP contribution in [0.3, 0.4) is 0 Å². The highest BCUT2D eigenvalue weighted by atomic mass is 35.5. The van der Waals surface area contributed by atoms with Gasteiger partial charge in [0.25, 0.3) is 5.56 Å². The molecule has 9 heteroatoms. The van der Waals surface area contributed by atoms with E-state index in [0.717, 1.165) is 16.2 Å². The van der Waals surface area contributed by atoms with Crippen molar-refractivity contribution >= 4 is 46.3 Å². The van der Waals surface area contributed by atoms with Gasteiger partial charge in [0.1, 0.15) is 18.5 Å². The van der Waals surface area contributed by atoms with Gasteiger partial charge in [-0.1, -0.05) is 47.7 Å². The Bertz CT molecular complexity index is 1370. The van der Waals surface area contributed by atoms with Crippen molar-refractivity contribution in [3.63, 3.8) is 0 Å². The summed E-state index contributed by atoms with van der Waals surface area (Å²) in [5.41, 5.74) is 0.489. The fraction of sp³-hybridized carbons (Fsp3) is 0.136. The van der Waals surface area contributed by atoms with Crippen LogP contribution in [0.2, 0.25) is 5.02 Å². The summed E-state index contributed by atoms with van der Waals surface area (Å²) in [6, 6.07) is 7.34. The van der Waals surface area contributed by atoms with E-state index < -0.39 is 17.8 Å². The molecule has 3 heterocycles. The zero-order chi connectivity index (χ0) is 22.1. The molecule has 1 aliphatic rings. The number of carbonyl (C=O) groups is 1. The molecule has 0 saturated carbocycles. The van der Waals surface area contributed by atoms with E-state index in [4.69, 9.17) is 16.3 Å². The number of esters is 1. The zero-order valence-corrected chi connectivity index (χ0v) is 18.7. The van der Waals surface area contributed by atoms with Gasteiger partial charge < -0.3 is 4.74 Å². The highest BCUT2D eigenvalue weighted by Gasteiger charge is 2.33. The van der Waals surface area contributed by atoms with Crippen molar-refractivity contribution in [2.45, 2.75) is 13.0 Å². The van der Waals surface area contributed by atoms with Gasteiger partial charge in [-0.2, -0.15) is 0 Å². The number of hydrogen-bond acceptors (Lipinski definition) is 6. The Morgan fingerprint density at radius 3 is 2.87 bits per heavy atom. The normalized spacial score (nSPS) is 16.1. The minimum absolute atomic E-state index is 0.0446. The first-order valence-corrected chi connectivity index (χ1v) is 11.3. The van der Waals surface area contributed by atoms with Crippen LogP contribution in [0.15, 0.2) is 69.4 Å². The number of aromatic nitrogens is 1. The first kappa shape index (κ1) is 21.4. The summed E-state index contributed by atoms with van der Waals surface area (Å²) in [5, 5.41) is 2.07. The minimum atomic E-state index is -0.688. The van der Waals surface area contributed by atoms with Crippen LogP contribution in [0.5, 0.6) is 0 Å². The van der Waals surface area contributed by atoms with Crippen LogP contribution in [0.1, 0.15) is 23.4 Å². The lowest BCUT2D eigenvalue weighted by atomic mass is 10.0. The molecule has 0 radical (unpaired) electrons. The Morgan fingerprint density at radius 2 is 2.19 bits per heavy atom. The third kappa shape index (κ3) is 3.94. The summed E-state index contributed by atoms with van der Waals surface area (Å²) < 4.78 is 21.3. The summed E-state index contributed by atoms with van der Waals surface area (Å²) in [7, 11) is 0. The Morgan fingerprint density at radius 1 is 1.39 bits per heavy atom. The number of ether oxygens (including phenoxy) is 1. The fourth-order valence-electron chi connectivity index (χ4n) is 3.29. The second kappa shape index (κ2) is 8.74. The summed E-state index contributed by atoms with van der Waals surface area (Å²) in [6.07, 6.45) is 2.89. The van der Waals surface area contributed by atoms with Crippen molar-refractivity contribution in [2.75, 3.05) is 6.61 Å². The lowest BCUT2D eigenvalue weighted by Gasteiger charge is -2.23. The molecule has 2 aromatic heterocycles. The number of nitrogens with zero attached hydrogens (tertiary/aromatic N) is 2. The van der Waals surface area contributed by atoms with E-state index in [1.807, 2.05) is 17.5 Å². The molecule has 1 unspecified atom stereocenters. The van der Waals surface area contributed by atoms with Crippen LogP contribution in [0, 0.1) is 5.82 Å². The number of allylic oxidation sites excluding steroid dienone is 1. The number of hydrogen-bond donors (Lipinski definition) is 0. The highest BCUT2D eigenvalue weighted by Crippen LogP contribution is 2.33. The third-order valence-electron chi connectivity index (χ3n) is 4.66. The highest BCUT2D eigenvalue weighted by molar-refractivity contribution is 7.10. The van der Waals surface area contributed by atoms with Crippen molar-refractivity contribution in [2.24, 2.45) is 4.99 Å². The smallest absolute Gasteiger partial charge is 0.338 e. The van der Waals surface area contributed by atoms with Crippen LogP contribution in [0.4, 0.5) is 4.39 Å². The summed E-state index contributed by atoms with van der Waals surface area (Å²) in [4.78, 5) is 31.9. The molecule has 1 atom stereocenters. The SMILES string of the molecule is C=CCOC(=O)C1=C(C)N=c2s/c(=C\c3c(F)cccc3Cl)c(=O)n2C1c1cccs1. The van der Waals surface area contributed by atoms with Crippen molar-refractivity contribution in [3.8, 4) is 0 Å². The summed E-state index contributed by atoms with van der Waals surface area (Å²) in [5.74, 6) is -1.09. The largest absolute Gasteiger partial charge is 0.458 e. The first-order chi connectivity index (χ1) is 14.9. The molecule has 158 valence electrons. The summed E-state index contributed by atoms with van der Waals surface area (Å²) >= 11 is 8.66. The van der Waals surface area contributed by atoms with Gasteiger partial charge in [0.2, 0.25) is 0 Å². The van der Waals surface area contributed by atoms with Crippen LogP contribution < -0.4 is 14.9 Å². The molecule has 0 spiro atoms. The third-order valence-corrected chi connectivity index (χ3v) is 6.90. The van der Waals surface area contributed by atoms with Crippen molar-refractivity contribution < 1.29 is 13.9 Å². The quantitative estimate of drug-likeness (QED) is 0.417. The van der Waals surface area contributed by atoms with Gasteiger partial charge in [-0.3, -0.25) is 9.36 Å². The molecular weight excluding hydrogens is 459 g/mol. The molecule has 0 fully saturated rings. The van der Waals surface area contributed by atoms with Crippen molar-refractivity contribution in [1.82, 2.24) is 4.57 Å². The second-order valence-electron chi connectivity index (χ2n) is 6.62. The van der Waals surface area contributed by atoms with Gasteiger partial charge in [0.05, 0.1) is 20.8 Å². The van der Waals surface area contributed by atoms with Gasteiger partial charge in [-0.25, -0.2) is 14.2 Å². The molecule has 0 N–H and O–H groups in total. The van der Waals surface area contributed by atoms with Gasteiger partial charge in [-0.05, 0) is 36.6 Å². The molecular formula is C22H16ClFN2O3S2. The van der Waals surface area contributed by atoms with E-state index in [-0.39, 0.29) is 32.9 Å². The van der Waals surface area contributed by atoms with Crippen LogP contribution in [-0.4, -0.2) is 17.1 Å². The molecule has 31 heavy (non-hydrogen) atoms. The first-order valence-electron chi connectivity index (χ1n) is 9.20. The molecule has 5 nitrogen and oxygen atoms in total. The average Bonchev–Trinajstić information content (AvgIpc) is 3.37. The maximum atomic E-state index is 14.3. The van der Waals surface area contributed by atoms with E-state index in [9.17, 15) is 14.0 Å². The number of thiophene rings is 1. The lowest BCUT2D eigenvalue weighted by molar-refractivity contribution is -0.138. The standard InChI is InChI=1S/C22H16ClFN2O3S2/c1-3-9-29-21(28)18-12(2)25-22-26(19(18)16-8-5-10-30-16)20(27)17(31-22)11-13-14(23)6-4-7-15(13)24/h3-8,10-11,19H,1,9H2,2H3/b17-11-.